The van der Waals surface area contributed by atoms with Crippen molar-refractivity contribution >= 4 is 23.7 Å². The van der Waals surface area contributed by atoms with Crippen LogP contribution in [0.25, 0.3) is 0 Å². The van der Waals surface area contributed by atoms with Crippen LogP contribution in [0.15, 0.2) is 23.5 Å². The second-order valence-electron chi connectivity index (χ2n) is 8.85. The van der Waals surface area contributed by atoms with E-state index >= 15 is 0 Å². The number of aromatic nitrogens is 2. The third-order valence-electron chi connectivity index (χ3n) is 5.98. The number of carboxylic acid groups (broad SMARTS) is 1. The number of hydrogen-bond donors (Lipinski definition) is 1. The molecule has 0 spiro atoms. The fourth-order valence-electron chi connectivity index (χ4n) is 3.66. The van der Waals surface area contributed by atoms with Crippen LogP contribution in [0.4, 0.5) is 0 Å². The van der Waals surface area contributed by atoms with Crippen molar-refractivity contribution in [1.82, 2.24) is 9.55 Å². The summed E-state index contributed by atoms with van der Waals surface area (Å²) in [6, 6.07) is 0. The molecule has 0 aliphatic heterocycles. The van der Waals surface area contributed by atoms with Gasteiger partial charge in [0.15, 0.2) is 5.16 Å². The molecule has 188 valence electrons. The Balaban J connectivity index is 2.46. The van der Waals surface area contributed by atoms with Crippen LogP contribution in [0.2, 0.25) is 0 Å². The number of carboxylic acids is 1. The molecule has 0 saturated heterocycles. The molecule has 0 saturated carbocycles. The maximum Gasteiger partial charge on any atom is 0.356 e. The topological polar surface area (TPSA) is 81.4 Å². The van der Waals surface area contributed by atoms with E-state index in [1.807, 2.05) is 0 Å². The van der Waals surface area contributed by atoms with Gasteiger partial charge in [0.1, 0.15) is 5.69 Å². The Labute approximate surface area is 204 Å². The van der Waals surface area contributed by atoms with Crippen molar-refractivity contribution in [3.05, 3.63) is 24.0 Å². The fraction of sp³-hybridized carbons (Fsp3) is 0.731. The molecule has 1 N–H and O–H groups in total. The summed E-state index contributed by atoms with van der Waals surface area (Å²) in [4.78, 5) is 27.4. The third-order valence-corrected chi connectivity index (χ3v) is 7.26. The molecule has 0 aliphatic rings. The first-order valence-electron chi connectivity index (χ1n) is 12.6. The summed E-state index contributed by atoms with van der Waals surface area (Å²) in [6.45, 7) is 4.00. The number of imidazole rings is 1. The Morgan fingerprint density at radius 2 is 1.70 bits per heavy atom. The zero-order valence-corrected chi connectivity index (χ0v) is 21.9. The number of methoxy groups -OCH3 is 1. The molecule has 0 bridgehead atoms. The van der Waals surface area contributed by atoms with Gasteiger partial charge in [0.05, 0.1) is 19.2 Å². The summed E-state index contributed by atoms with van der Waals surface area (Å²) in [6.07, 6.45) is 21.6. The smallest absolute Gasteiger partial charge is 0.356 e. The van der Waals surface area contributed by atoms with E-state index < -0.39 is 11.9 Å². The zero-order valence-electron chi connectivity index (χ0n) is 21.1. The van der Waals surface area contributed by atoms with Crippen LogP contribution in [-0.2, 0) is 16.6 Å². The first kappa shape index (κ1) is 29.3. The van der Waals surface area contributed by atoms with E-state index in [1.54, 1.807) is 30.3 Å². The monoisotopic (exact) mass is 480 g/mol. The molecule has 1 aromatic rings. The molecule has 0 aliphatic carbocycles. The van der Waals surface area contributed by atoms with Gasteiger partial charge in [0.25, 0.3) is 0 Å². The fourth-order valence-corrected chi connectivity index (χ4v) is 4.75. The van der Waals surface area contributed by atoms with Crippen LogP contribution in [0.5, 0.6) is 0 Å². The van der Waals surface area contributed by atoms with Crippen LogP contribution in [0.1, 0.15) is 108 Å². The van der Waals surface area contributed by atoms with E-state index in [2.05, 4.69) is 24.1 Å². The Hall–Kier alpha value is -1.76. The van der Waals surface area contributed by atoms with Crippen molar-refractivity contribution in [3.8, 4) is 0 Å². The van der Waals surface area contributed by atoms with Gasteiger partial charge in [-0.1, -0.05) is 95.5 Å². The van der Waals surface area contributed by atoms with Crippen molar-refractivity contribution in [2.24, 2.45) is 13.0 Å². The molecule has 0 aromatic carbocycles. The molecule has 6 nitrogen and oxygen atoms in total. The maximum atomic E-state index is 11.8. The summed E-state index contributed by atoms with van der Waals surface area (Å²) in [7, 11) is 3.15. The minimum absolute atomic E-state index is 0.113. The van der Waals surface area contributed by atoms with Crippen LogP contribution in [0, 0.1) is 5.92 Å². The number of carbonyl (C=O) groups excluding carboxylic acids is 1. The summed E-state index contributed by atoms with van der Waals surface area (Å²) in [5, 5.41) is 10.1. The van der Waals surface area contributed by atoms with Crippen molar-refractivity contribution in [2.45, 2.75) is 108 Å². The van der Waals surface area contributed by atoms with Gasteiger partial charge in [-0.3, -0.25) is 4.79 Å². The van der Waals surface area contributed by atoms with E-state index in [9.17, 15) is 14.7 Å². The summed E-state index contributed by atoms with van der Waals surface area (Å²) < 4.78 is 6.54. The number of rotatable bonds is 19. The molecule has 0 radical (unpaired) electrons. The molecule has 0 fully saturated rings. The van der Waals surface area contributed by atoms with Crippen LogP contribution in [-0.4, -0.2) is 39.0 Å². The SMILES string of the molecule is CCCCCCCCCCCC/C=C\C(CCC(C)C(=O)O)Sc1ncc(C(=O)OC)n1C. The first-order valence-corrected chi connectivity index (χ1v) is 13.4. The lowest BCUT2D eigenvalue weighted by Gasteiger charge is -2.14. The van der Waals surface area contributed by atoms with E-state index in [0.29, 0.717) is 12.1 Å². The molecule has 2 unspecified atom stereocenters. The van der Waals surface area contributed by atoms with Gasteiger partial charge >= 0.3 is 11.9 Å². The van der Waals surface area contributed by atoms with E-state index in [1.165, 1.54) is 77.5 Å². The van der Waals surface area contributed by atoms with Crippen LogP contribution in [0.3, 0.4) is 0 Å². The molecule has 1 rings (SSSR count). The van der Waals surface area contributed by atoms with E-state index in [0.717, 1.165) is 18.0 Å². The van der Waals surface area contributed by atoms with E-state index in [4.69, 9.17) is 4.74 Å². The minimum atomic E-state index is -0.766. The summed E-state index contributed by atoms with van der Waals surface area (Å²) in [5.74, 6) is -1.56. The second kappa shape index (κ2) is 17.7. The number of ether oxygens (including phenoxy) is 1. The average molecular weight is 481 g/mol. The summed E-state index contributed by atoms with van der Waals surface area (Å²) >= 11 is 1.56. The van der Waals surface area contributed by atoms with Gasteiger partial charge in [0.2, 0.25) is 0 Å². The highest BCUT2D eigenvalue weighted by Crippen LogP contribution is 2.28. The Morgan fingerprint density at radius 3 is 2.27 bits per heavy atom. The number of unbranched alkanes of at least 4 members (excludes halogenated alkanes) is 10. The predicted octanol–water partition coefficient (Wildman–Crippen LogP) is 7.04. The number of carbonyl (C=O) groups is 2. The van der Waals surface area contributed by atoms with Crippen LogP contribution < -0.4 is 0 Å². The molecular weight excluding hydrogens is 436 g/mol. The van der Waals surface area contributed by atoms with Crippen molar-refractivity contribution in [2.75, 3.05) is 7.11 Å². The van der Waals surface area contributed by atoms with Crippen LogP contribution >= 0.6 is 11.8 Å². The predicted molar refractivity (Wildman–Crippen MR) is 136 cm³/mol. The zero-order chi connectivity index (χ0) is 24.5. The van der Waals surface area contributed by atoms with Gasteiger partial charge in [0, 0.05) is 12.3 Å². The third kappa shape index (κ3) is 12.3. The number of nitrogens with zero attached hydrogens (tertiary/aromatic N) is 2. The van der Waals surface area contributed by atoms with Gasteiger partial charge in [-0.15, -0.1) is 0 Å². The molecule has 0 amide bonds. The largest absolute Gasteiger partial charge is 0.481 e. The van der Waals surface area contributed by atoms with Gasteiger partial charge < -0.3 is 14.4 Å². The van der Waals surface area contributed by atoms with E-state index in [-0.39, 0.29) is 11.2 Å². The van der Waals surface area contributed by atoms with Crippen molar-refractivity contribution in [3.63, 3.8) is 0 Å². The second-order valence-corrected chi connectivity index (χ2v) is 10.1. The van der Waals surface area contributed by atoms with Crippen molar-refractivity contribution < 1.29 is 19.4 Å². The maximum absolute atomic E-state index is 11.8. The van der Waals surface area contributed by atoms with Gasteiger partial charge in [-0.2, -0.15) is 0 Å². The lowest BCUT2D eigenvalue weighted by molar-refractivity contribution is -0.141. The molecule has 1 heterocycles. The molecule has 1 aromatic heterocycles. The molecule has 33 heavy (non-hydrogen) atoms. The Bertz CT molecular complexity index is 717. The normalized spacial score (nSPS) is 13.3. The number of hydrogen-bond acceptors (Lipinski definition) is 5. The standard InChI is InChI=1S/C26H44N2O4S/c1-5-6-7-8-9-10-11-12-13-14-15-16-17-22(19-18-21(2)24(29)30)33-26-27-20-23(28(26)3)25(31)32-4/h16-17,20-22H,5-15,18-19H2,1-4H3,(H,29,30)/b17-16-. The quantitative estimate of drug-likeness (QED) is 0.0990. The van der Waals surface area contributed by atoms with Crippen molar-refractivity contribution in [1.29, 1.82) is 0 Å². The highest BCUT2D eigenvalue weighted by Gasteiger charge is 2.19. The lowest BCUT2D eigenvalue weighted by Crippen LogP contribution is -2.12. The number of allylic oxidation sites excluding steroid dienone is 1. The average Bonchev–Trinajstić information content (AvgIpc) is 3.16. The first-order chi connectivity index (χ1) is 15.9. The molecular formula is C26H44N2O4S. The lowest BCUT2D eigenvalue weighted by atomic mass is 10.0. The minimum Gasteiger partial charge on any atom is -0.481 e. The Morgan fingerprint density at radius 1 is 1.09 bits per heavy atom. The number of thioether (sulfide) groups is 1. The van der Waals surface area contributed by atoms with Gasteiger partial charge in [-0.05, 0) is 25.7 Å². The highest BCUT2D eigenvalue weighted by atomic mass is 32.2. The molecule has 2 atom stereocenters. The summed E-state index contributed by atoms with van der Waals surface area (Å²) in [5.41, 5.74) is 0.409. The number of aliphatic carboxylic acids is 1. The van der Waals surface area contributed by atoms with Gasteiger partial charge in [-0.25, -0.2) is 9.78 Å². The molecule has 7 heteroatoms. The number of esters is 1. The highest BCUT2D eigenvalue weighted by molar-refractivity contribution is 7.99. The Kier molecular flexibility index (Phi) is 15.7.